The summed E-state index contributed by atoms with van der Waals surface area (Å²) in [6, 6.07) is 16.6. The Morgan fingerprint density at radius 3 is 1.05 bits per heavy atom. The quantitative estimate of drug-likeness (QED) is 0.894. The third kappa shape index (κ3) is 6.40. The zero-order valence-electron chi connectivity index (χ0n) is 9.82. The second-order valence-corrected chi connectivity index (χ2v) is 3.34. The maximum atomic E-state index is 10.2. The number of benzene rings is 2. The molecule has 5 heteroatoms. The Kier molecular flexibility index (Phi) is 7.91. The Labute approximate surface area is 120 Å². The smallest absolute Gasteiger partial charge is 0.335 e. The van der Waals surface area contributed by atoms with Crippen molar-refractivity contribution in [1.82, 2.24) is 0 Å². The van der Waals surface area contributed by atoms with Crippen LogP contribution in [0.15, 0.2) is 60.7 Å². The molecule has 4 nitrogen and oxygen atoms in total. The van der Waals surface area contributed by atoms with Crippen LogP contribution in [0.3, 0.4) is 0 Å². The monoisotopic (exact) mass is 303 g/mol. The fourth-order valence-corrected chi connectivity index (χ4v) is 1.16. The molecule has 2 rings (SSSR count). The van der Waals surface area contributed by atoms with Gasteiger partial charge in [0.2, 0.25) is 0 Å². The van der Waals surface area contributed by atoms with E-state index >= 15 is 0 Å². The minimum Gasteiger partial charge on any atom is -0.478 e. The molecule has 0 bridgehead atoms. The van der Waals surface area contributed by atoms with Crippen molar-refractivity contribution in [1.29, 1.82) is 0 Å². The fourth-order valence-electron chi connectivity index (χ4n) is 1.16. The van der Waals surface area contributed by atoms with Gasteiger partial charge in [0.1, 0.15) is 0 Å². The summed E-state index contributed by atoms with van der Waals surface area (Å²) in [6.07, 6.45) is 0. The molecule has 0 heterocycles. The molecular weight excluding hydrogens is 291 g/mol. The average molecular weight is 303 g/mol. The van der Waals surface area contributed by atoms with Crippen LogP contribution in [0.1, 0.15) is 20.7 Å². The van der Waals surface area contributed by atoms with Gasteiger partial charge in [0.05, 0.1) is 11.1 Å². The summed E-state index contributed by atoms with van der Waals surface area (Å²) in [5.41, 5.74) is 0.662. The summed E-state index contributed by atoms with van der Waals surface area (Å²) in [5.74, 6) is -1.76. The zero-order valence-corrected chi connectivity index (χ0v) is 10.9. The Balaban J connectivity index is 0.000000324. The third-order valence-corrected chi connectivity index (χ3v) is 2.04. The van der Waals surface area contributed by atoms with E-state index in [0.29, 0.717) is 11.1 Å². The summed E-state index contributed by atoms with van der Waals surface area (Å²) in [5, 5.41) is 16.8. The third-order valence-electron chi connectivity index (χ3n) is 2.04. The van der Waals surface area contributed by atoms with Crippen LogP contribution in [0, 0.1) is 0 Å². The van der Waals surface area contributed by atoms with Crippen LogP contribution in [0.2, 0.25) is 0 Å². The first-order valence-corrected chi connectivity index (χ1v) is 5.18. The Hall–Kier alpha value is -2.11. The molecule has 0 spiro atoms. The van der Waals surface area contributed by atoms with Crippen molar-refractivity contribution in [3.8, 4) is 0 Å². The van der Waals surface area contributed by atoms with Gasteiger partial charge in [0, 0.05) is 16.8 Å². The molecule has 0 aromatic heterocycles. The summed E-state index contributed by atoms with van der Waals surface area (Å²) in [4.78, 5) is 20.4. The molecule has 1 radical (unpaired) electrons. The van der Waals surface area contributed by atoms with Crippen LogP contribution < -0.4 is 0 Å². The Bertz CT molecular complexity index is 462. The zero-order chi connectivity index (χ0) is 13.4. The molecule has 0 aliphatic heterocycles. The summed E-state index contributed by atoms with van der Waals surface area (Å²) >= 11 is 0. The van der Waals surface area contributed by atoms with Crippen molar-refractivity contribution in [3.63, 3.8) is 0 Å². The van der Waals surface area contributed by atoms with E-state index in [1.54, 1.807) is 60.7 Å². The van der Waals surface area contributed by atoms with Crippen molar-refractivity contribution < 1.29 is 36.6 Å². The summed E-state index contributed by atoms with van der Waals surface area (Å²) < 4.78 is 0. The van der Waals surface area contributed by atoms with E-state index in [9.17, 15) is 9.59 Å². The second-order valence-electron chi connectivity index (χ2n) is 3.34. The number of aromatic carboxylic acids is 2. The maximum Gasteiger partial charge on any atom is 0.335 e. The van der Waals surface area contributed by atoms with Gasteiger partial charge in [-0.2, -0.15) is 0 Å². The van der Waals surface area contributed by atoms with Gasteiger partial charge in [-0.1, -0.05) is 36.4 Å². The van der Waals surface area contributed by atoms with E-state index in [4.69, 9.17) is 10.2 Å². The summed E-state index contributed by atoms with van der Waals surface area (Å²) in [6.45, 7) is 0. The van der Waals surface area contributed by atoms with Gasteiger partial charge in [-0.25, -0.2) is 9.59 Å². The predicted octanol–water partition coefficient (Wildman–Crippen LogP) is 2.77. The molecule has 0 fully saturated rings. The van der Waals surface area contributed by atoms with E-state index in [-0.39, 0.29) is 16.8 Å². The van der Waals surface area contributed by atoms with Gasteiger partial charge < -0.3 is 10.2 Å². The second kappa shape index (κ2) is 8.90. The van der Waals surface area contributed by atoms with Crippen molar-refractivity contribution >= 4 is 11.9 Å². The van der Waals surface area contributed by atoms with Crippen molar-refractivity contribution in [3.05, 3.63) is 71.8 Å². The Morgan fingerprint density at radius 1 is 0.632 bits per heavy atom. The molecule has 19 heavy (non-hydrogen) atoms. The van der Waals surface area contributed by atoms with Crippen molar-refractivity contribution in [2.45, 2.75) is 0 Å². The maximum absolute atomic E-state index is 10.2. The normalized spacial score (nSPS) is 8.42. The standard InChI is InChI=1S/2C7H6O2.Co/c2*8-7(9)6-4-2-1-3-5-6;/h2*1-5H,(H,8,9);. The number of carbonyl (C=O) groups is 2. The predicted molar refractivity (Wildman–Crippen MR) is 66.8 cm³/mol. The molecule has 0 aliphatic rings. The van der Waals surface area contributed by atoms with Crippen LogP contribution in [-0.4, -0.2) is 22.2 Å². The van der Waals surface area contributed by atoms with Gasteiger partial charge >= 0.3 is 11.9 Å². The number of hydrogen-bond acceptors (Lipinski definition) is 2. The van der Waals surface area contributed by atoms with E-state index < -0.39 is 11.9 Å². The first-order valence-electron chi connectivity index (χ1n) is 5.18. The first kappa shape index (κ1) is 16.9. The van der Waals surface area contributed by atoms with Gasteiger partial charge in [0.25, 0.3) is 0 Å². The van der Waals surface area contributed by atoms with Gasteiger partial charge in [-0.3, -0.25) is 0 Å². The molecule has 0 saturated carbocycles. The Morgan fingerprint density at radius 2 is 0.895 bits per heavy atom. The van der Waals surface area contributed by atoms with Gasteiger partial charge in [-0.05, 0) is 24.3 Å². The molecule has 2 N–H and O–H groups in total. The molecule has 0 saturated heterocycles. The van der Waals surface area contributed by atoms with Crippen LogP contribution in [0.4, 0.5) is 0 Å². The van der Waals surface area contributed by atoms with Crippen LogP contribution >= 0.6 is 0 Å². The SMILES string of the molecule is O=C(O)c1ccccc1.O=C(O)c1ccccc1.[Co]. The molecule has 0 aliphatic carbocycles. The van der Waals surface area contributed by atoms with E-state index in [2.05, 4.69) is 0 Å². The molecular formula is C14H12CoO4. The number of rotatable bonds is 2. The van der Waals surface area contributed by atoms with Gasteiger partial charge in [0.15, 0.2) is 0 Å². The molecule has 101 valence electrons. The number of carboxylic acids is 2. The van der Waals surface area contributed by atoms with Crippen molar-refractivity contribution in [2.75, 3.05) is 0 Å². The molecule has 0 unspecified atom stereocenters. The molecule has 0 amide bonds. The molecule has 2 aromatic carbocycles. The van der Waals surface area contributed by atoms with E-state index in [1.807, 2.05) is 0 Å². The van der Waals surface area contributed by atoms with E-state index in [0.717, 1.165) is 0 Å². The summed E-state index contributed by atoms with van der Waals surface area (Å²) in [7, 11) is 0. The topological polar surface area (TPSA) is 74.6 Å². The van der Waals surface area contributed by atoms with E-state index in [1.165, 1.54) is 0 Å². The largest absolute Gasteiger partial charge is 0.478 e. The molecule has 0 atom stereocenters. The van der Waals surface area contributed by atoms with Crippen LogP contribution in [0.25, 0.3) is 0 Å². The average Bonchev–Trinajstić information content (AvgIpc) is 2.41. The number of carboxylic acid groups (broad SMARTS) is 2. The first-order chi connectivity index (χ1) is 8.61. The minimum atomic E-state index is -0.879. The van der Waals surface area contributed by atoms with Crippen LogP contribution in [-0.2, 0) is 16.8 Å². The fraction of sp³-hybridized carbons (Fsp3) is 0. The van der Waals surface area contributed by atoms with Gasteiger partial charge in [-0.15, -0.1) is 0 Å². The molecule has 2 aromatic rings. The van der Waals surface area contributed by atoms with Crippen molar-refractivity contribution in [2.24, 2.45) is 0 Å². The number of hydrogen-bond donors (Lipinski definition) is 2. The minimum absolute atomic E-state index is 0. The van der Waals surface area contributed by atoms with Crippen LogP contribution in [0.5, 0.6) is 0 Å².